The average molecular weight is 443 g/mol. The number of hydrogen-bond donors (Lipinski definition) is 1. The largest absolute Gasteiger partial charge is 0.435 e. The van der Waals surface area contributed by atoms with E-state index in [0.717, 1.165) is 26.3 Å². The Hall–Kier alpha value is -3.40. The molecule has 2 aromatic heterocycles. The predicted molar refractivity (Wildman–Crippen MR) is 112 cm³/mol. The van der Waals surface area contributed by atoms with Crippen molar-refractivity contribution in [3.63, 3.8) is 0 Å². The van der Waals surface area contributed by atoms with Crippen LogP contribution in [0.1, 0.15) is 0 Å². The number of fused-ring (bicyclic) bond motifs is 1. The van der Waals surface area contributed by atoms with Crippen LogP contribution in [0.5, 0.6) is 5.75 Å². The fourth-order valence-electron chi connectivity index (χ4n) is 4.08. The Bertz CT molecular complexity index is 1090. The molecule has 0 saturated carbocycles. The monoisotopic (exact) mass is 443 g/mol. The Morgan fingerprint density at radius 2 is 1.78 bits per heavy atom. The van der Waals surface area contributed by atoms with Gasteiger partial charge in [-0.05, 0) is 29.8 Å². The van der Waals surface area contributed by atoms with Crippen LogP contribution in [-0.2, 0) is 4.74 Å². The van der Waals surface area contributed by atoms with Gasteiger partial charge in [-0.3, -0.25) is 0 Å². The minimum absolute atomic E-state index is 0.0447. The molecule has 10 heteroatoms. The summed E-state index contributed by atoms with van der Waals surface area (Å²) in [7, 11) is 0. The summed E-state index contributed by atoms with van der Waals surface area (Å²) in [6.07, 6.45) is 3.01. The van der Waals surface area contributed by atoms with Gasteiger partial charge in [0, 0.05) is 42.9 Å². The molecule has 7 nitrogen and oxygen atoms in total. The topological polar surface area (TPSA) is 72.4 Å². The SMILES string of the molecule is Fc1ncc(-c2ccc(OC(F)F)cc2)cc1Nc1ccnc(N2CC3COCC3C2)n1. The zero-order chi connectivity index (χ0) is 22.1. The van der Waals surface area contributed by atoms with Crippen molar-refractivity contribution in [2.75, 3.05) is 36.5 Å². The molecule has 5 rings (SSSR count). The summed E-state index contributed by atoms with van der Waals surface area (Å²) in [4.78, 5) is 14.8. The van der Waals surface area contributed by atoms with E-state index in [9.17, 15) is 13.2 Å². The smallest absolute Gasteiger partial charge is 0.387 e. The van der Waals surface area contributed by atoms with Crippen LogP contribution in [0.3, 0.4) is 0 Å². The zero-order valence-electron chi connectivity index (χ0n) is 16.9. The maximum Gasteiger partial charge on any atom is 0.387 e. The third-order valence-electron chi connectivity index (χ3n) is 5.68. The highest BCUT2D eigenvalue weighted by Crippen LogP contribution is 2.32. The van der Waals surface area contributed by atoms with E-state index in [1.807, 2.05) is 0 Å². The molecule has 2 saturated heterocycles. The molecule has 2 aliphatic rings. The number of aromatic nitrogens is 3. The Morgan fingerprint density at radius 3 is 2.50 bits per heavy atom. The molecule has 0 spiro atoms. The summed E-state index contributed by atoms with van der Waals surface area (Å²) in [5, 5.41) is 2.97. The highest BCUT2D eigenvalue weighted by atomic mass is 19.3. The lowest BCUT2D eigenvalue weighted by atomic mass is 10.0. The Morgan fingerprint density at radius 1 is 1.03 bits per heavy atom. The molecular weight excluding hydrogens is 423 g/mol. The Balaban J connectivity index is 1.33. The van der Waals surface area contributed by atoms with E-state index in [1.54, 1.807) is 30.5 Å². The Kier molecular flexibility index (Phi) is 5.52. The van der Waals surface area contributed by atoms with Gasteiger partial charge in [-0.15, -0.1) is 0 Å². The van der Waals surface area contributed by atoms with Gasteiger partial charge in [0.25, 0.3) is 0 Å². The minimum atomic E-state index is -2.89. The van der Waals surface area contributed by atoms with E-state index in [1.165, 1.54) is 18.3 Å². The number of hydrogen-bond acceptors (Lipinski definition) is 7. The van der Waals surface area contributed by atoms with E-state index in [2.05, 4.69) is 29.9 Å². The second-order valence-corrected chi connectivity index (χ2v) is 7.79. The average Bonchev–Trinajstić information content (AvgIpc) is 3.38. The first-order valence-corrected chi connectivity index (χ1v) is 10.2. The van der Waals surface area contributed by atoms with Crippen LogP contribution in [0.4, 0.5) is 30.6 Å². The number of nitrogens with one attached hydrogen (secondary N) is 1. The standard InChI is InChI=1S/C22H20F3N5O2/c23-20-18(7-14(8-27-20)13-1-3-17(4-2-13)32-21(24)25)28-19-5-6-26-22(29-19)30-9-15-11-31-12-16(15)10-30/h1-8,15-16,21H,9-12H2,(H,26,28,29). The van der Waals surface area contributed by atoms with Crippen molar-refractivity contribution in [2.45, 2.75) is 6.61 Å². The maximum absolute atomic E-state index is 14.4. The fraction of sp³-hybridized carbons (Fsp3) is 0.318. The van der Waals surface area contributed by atoms with Crippen molar-refractivity contribution in [3.05, 3.63) is 54.7 Å². The first kappa shape index (κ1) is 20.5. The summed E-state index contributed by atoms with van der Waals surface area (Å²) in [6.45, 7) is 0.307. The van der Waals surface area contributed by atoms with Crippen LogP contribution in [0.15, 0.2) is 48.8 Å². The van der Waals surface area contributed by atoms with Gasteiger partial charge in [-0.25, -0.2) is 9.97 Å². The molecular formula is C22H20F3N5O2. The lowest BCUT2D eigenvalue weighted by molar-refractivity contribution is -0.0498. The molecule has 2 aliphatic heterocycles. The molecule has 2 unspecified atom stereocenters. The summed E-state index contributed by atoms with van der Waals surface area (Å²) in [5.41, 5.74) is 1.43. The van der Waals surface area contributed by atoms with Crippen LogP contribution in [0, 0.1) is 17.8 Å². The number of ether oxygens (including phenoxy) is 2. The zero-order valence-corrected chi connectivity index (χ0v) is 16.9. The van der Waals surface area contributed by atoms with Gasteiger partial charge < -0.3 is 19.7 Å². The molecule has 2 fully saturated rings. The number of pyridine rings is 1. The molecule has 4 heterocycles. The maximum atomic E-state index is 14.4. The second kappa shape index (κ2) is 8.62. The lowest BCUT2D eigenvalue weighted by Gasteiger charge is -2.18. The van der Waals surface area contributed by atoms with Gasteiger partial charge in [0.2, 0.25) is 11.9 Å². The number of halogens is 3. The highest BCUT2D eigenvalue weighted by Gasteiger charge is 2.38. The van der Waals surface area contributed by atoms with E-state index in [4.69, 9.17) is 4.74 Å². The fourth-order valence-corrected chi connectivity index (χ4v) is 4.08. The summed E-state index contributed by atoms with van der Waals surface area (Å²) in [5.74, 6) is 1.38. The first-order chi connectivity index (χ1) is 15.5. The van der Waals surface area contributed by atoms with Crippen molar-refractivity contribution in [3.8, 4) is 16.9 Å². The van der Waals surface area contributed by atoms with Crippen LogP contribution >= 0.6 is 0 Å². The molecule has 0 aliphatic carbocycles. The van der Waals surface area contributed by atoms with Crippen molar-refractivity contribution in [1.82, 2.24) is 15.0 Å². The summed E-state index contributed by atoms with van der Waals surface area (Å²) < 4.78 is 48.9. The predicted octanol–water partition coefficient (Wildman–Crippen LogP) is 4.11. The molecule has 0 radical (unpaired) electrons. The minimum Gasteiger partial charge on any atom is -0.435 e. The molecule has 166 valence electrons. The summed E-state index contributed by atoms with van der Waals surface area (Å²) in [6, 6.07) is 9.30. The van der Waals surface area contributed by atoms with Gasteiger partial charge >= 0.3 is 6.61 Å². The molecule has 0 bridgehead atoms. The van der Waals surface area contributed by atoms with E-state index in [0.29, 0.717) is 34.7 Å². The number of alkyl halides is 2. The quantitative estimate of drug-likeness (QED) is 0.575. The Labute approximate surface area is 182 Å². The third-order valence-corrected chi connectivity index (χ3v) is 5.68. The van der Waals surface area contributed by atoms with E-state index < -0.39 is 12.6 Å². The molecule has 1 aromatic carbocycles. The van der Waals surface area contributed by atoms with Crippen molar-refractivity contribution in [1.29, 1.82) is 0 Å². The van der Waals surface area contributed by atoms with Crippen molar-refractivity contribution in [2.24, 2.45) is 11.8 Å². The number of rotatable bonds is 6. The molecule has 2 atom stereocenters. The normalized spacial score (nSPS) is 19.9. The van der Waals surface area contributed by atoms with Crippen LogP contribution in [-0.4, -0.2) is 47.9 Å². The number of anilines is 3. The van der Waals surface area contributed by atoms with Gasteiger partial charge in [0.1, 0.15) is 11.6 Å². The van der Waals surface area contributed by atoms with E-state index >= 15 is 0 Å². The first-order valence-electron chi connectivity index (χ1n) is 10.2. The molecule has 0 amide bonds. The lowest BCUT2D eigenvalue weighted by Crippen LogP contribution is -2.24. The van der Waals surface area contributed by atoms with E-state index in [-0.39, 0.29) is 11.4 Å². The van der Waals surface area contributed by atoms with Crippen LogP contribution < -0.4 is 15.0 Å². The van der Waals surface area contributed by atoms with Crippen LogP contribution in [0.2, 0.25) is 0 Å². The second-order valence-electron chi connectivity index (χ2n) is 7.79. The van der Waals surface area contributed by atoms with Gasteiger partial charge in [0.15, 0.2) is 0 Å². The highest BCUT2D eigenvalue weighted by molar-refractivity contribution is 5.69. The third kappa shape index (κ3) is 4.31. The molecule has 3 aromatic rings. The summed E-state index contributed by atoms with van der Waals surface area (Å²) >= 11 is 0. The number of benzene rings is 1. The molecule has 32 heavy (non-hydrogen) atoms. The van der Waals surface area contributed by atoms with Gasteiger partial charge in [-0.2, -0.15) is 18.2 Å². The number of nitrogens with zero attached hydrogens (tertiary/aromatic N) is 4. The van der Waals surface area contributed by atoms with Crippen molar-refractivity contribution >= 4 is 17.5 Å². The molecule has 1 N–H and O–H groups in total. The van der Waals surface area contributed by atoms with Crippen LogP contribution in [0.25, 0.3) is 11.1 Å². The van der Waals surface area contributed by atoms with Crippen molar-refractivity contribution < 1.29 is 22.6 Å². The van der Waals surface area contributed by atoms with Gasteiger partial charge in [0.05, 0.1) is 18.9 Å². The van der Waals surface area contributed by atoms with Gasteiger partial charge in [-0.1, -0.05) is 12.1 Å².